The SMILES string of the molecule is O=C(NC1CCC(C(=O)N2CC[C@H]3C(C(=O)O)[C@H]3C2)C1)OCC1c2ccccc2-c2ccccc21. The van der Waals surface area contributed by atoms with Gasteiger partial charge in [0.05, 0.1) is 5.92 Å². The monoisotopic (exact) mass is 474 g/mol. The van der Waals surface area contributed by atoms with E-state index in [0.717, 1.165) is 19.3 Å². The van der Waals surface area contributed by atoms with Gasteiger partial charge in [0.25, 0.3) is 0 Å². The Hall–Kier alpha value is -3.35. The summed E-state index contributed by atoms with van der Waals surface area (Å²) in [5.74, 6) is -0.652. The second-order valence-electron chi connectivity index (χ2n) is 10.4. The van der Waals surface area contributed by atoms with Crippen LogP contribution in [-0.2, 0) is 14.3 Å². The first kappa shape index (κ1) is 22.1. The fraction of sp³-hybridized carbons (Fsp3) is 0.464. The van der Waals surface area contributed by atoms with Gasteiger partial charge in [-0.25, -0.2) is 4.79 Å². The van der Waals surface area contributed by atoms with Gasteiger partial charge < -0.3 is 20.1 Å². The van der Waals surface area contributed by atoms with Crippen LogP contribution in [0.2, 0.25) is 0 Å². The fourth-order valence-corrected chi connectivity index (χ4v) is 6.71. The molecule has 1 aliphatic heterocycles. The molecule has 3 aliphatic carbocycles. The standard InChI is InChI=1S/C28H30N2O5/c31-26(30-12-11-22-23(14-30)25(22)27(32)33)16-9-10-17(13-16)29-28(34)35-15-24-20-7-3-1-5-18(20)19-6-2-4-8-21(19)24/h1-8,16-17,22-25H,9-15H2,(H,29,34)(H,32,33)/t16?,17?,22-,23+,25?/m1/s1. The third-order valence-electron chi connectivity index (χ3n) is 8.54. The molecule has 2 aromatic carbocycles. The number of carbonyl (C=O) groups is 3. The third-order valence-corrected chi connectivity index (χ3v) is 8.54. The first-order valence-electron chi connectivity index (χ1n) is 12.6. The van der Waals surface area contributed by atoms with Crippen molar-refractivity contribution in [2.24, 2.45) is 23.7 Å². The summed E-state index contributed by atoms with van der Waals surface area (Å²) in [5, 5.41) is 12.3. The van der Waals surface area contributed by atoms with E-state index in [2.05, 4.69) is 29.6 Å². The van der Waals surface area contributed by atoms with Crippen molar-refractivity contribution >= 4 is 18.0 Å². The van der Waals surface area contributed by atoms with Crippen LogP contribution in [0.4, 0.5) is 4.79 Å². The molecule has 2 aromatic rings. The lowest BCUT2D eigenvalue weighted by molar-refractivity contribution is -0.140. The van der Waals surface area contributed by atoms with E-state index in [4.69, 9.17) is 4.74 Å². The first-order valence-corrected chi connectivity index (χ1v) is 12.6. The summed E-state index contributed by atoms with van der Waals surface area (Å²) in [6.45, 7) is 1.47. The highest BCUT2D eigenvalue weighted by Gasteiger charge is 2.57. The molecule has 2 saturated carbocycles. The second kappa shape index (κ2) is 8.70. The number of benzene rings is 2. The maximum Gasteiger partial charge on any atom is 0.407 e. The van der Waals surface area contributed by atoms with Gasteiger partial charge in [-0.3, -0.25) is 9.59 Å². The zero-order chi connectivity index (χ0) is 24.1. The average molecular weight is 475 g/mol. The summed E-state index contributed by atoms with van der Waals surface area (Å²) in [6.07, 6.45) is 2.43. The number of hydrogen-bond donors (Lipinski definition) is 2. The highest BCUT2D eigenvalue weighted by Crippen LogP contribution is 2.52. The molecule has 1 heterocycles. The number of alkyl carbamates (subject to hydrolysis) is 1. The number of carboxylic acid groups (broad SMARTS) is 1. The molecule has 4 aliphatic rings. The number of carboxylic acids is 1. The van der Waals surface area contributed by atoms with Crippen molar-refractivity contribution in [3.63, 3.8) is 0 Å². The van der Waals surface area contributed by atoms with Gasteiger partial charge >= 0.3 is 12.1 Å². The smallest absolute Gasteiger partial charge is 0.407 e. The molecular formula is C28H30N2O5. The molecule has 7 nitrogen and oxygen atoms in total. The van der Waals surface area contributed by atoms with Gasteiger partial charge in [0, 0.05) is 31.0 Å². The molecule has 3 unspecified atom stereocenters. The Bertz CT molecular complexity index is 1130. The Balaban J connectivity index is 1.01. The highest BCUT2D eigenvalue weighted by molar-refractivity contribution is 5.81. The molecule has 7 heteroatoms. The predicted octanol–water partition coefficient (Wildman–Crippen LogP) is 3.87. The van der Waals surface area contributed by atoms with Gasteiger partial charge in [0.15, 0.2) is 0 Å². The average Bonchev–Trinajstić information content (AvgIpc) is 3.26. The maximum absolute atomic E-state index is 13.0. The van der Waals surface area contributed by atoms with Crippen LogP contribution < -0.4 is 5.32 Å². The number of nitrogens with one attached hydrogen (secondary N) is 1. The quantitative estimate of drug-likeness (QED) is 0.686. The number of piperidine rings is 1. The van der Waals surface area contributed by atoms with E-state index in [1.807, 2.05) is 29.2 Å². The molecule has 0 aromatic heterocycles. The van der Waals surface area contributed by atoms with Gasteiger partial charge in [-0.1, -0.05) is 48.5 Å². The normalized spacial score (nSPS) is 28.6. The van der Waals surface area contributed by atoms with E-state index in [9.17, 15) is 19.5 Å². The predicted molar refractivity (Wildman–Crippen MR) is 129 cm³/mol. The summed E-state index contributed by atoms with van der Waals surface area (Å²) in [6, 6.07) is 16.4. The zero-order valence-electron chi connectivity index (χ0n) is 19.6. The van der Waals surface area contributed by atoms with Crippen LogP contribution in [0.15, 0.2) is 48.5 Å². The van der Waals surface area contributed by atoms with Crippen LogP contribution in [0.25, 0.3) is 11.1 Å². The highest BCUT2D eigenvalue weighted by atomic mass is 16.5. The zero-order valence-corrected chi connectivity index (χ0v) is 19.6. The topological polar surface area (TPSA) is 95.9 Å². The number of fused-ring (bicyclic) bond motifs is 4. The Morgan fingerprint density at radius 3 is 2.31 bits per heavy atom. The number of aliphatic carboxylic acids is 1. The molecule has 0 radical (unpaired) electrons. The van der Waals surface area contributed by atoms with E-state index in [-0.39, 0.29) is 48.1 Å². The molecule has 5 atom stereocenters. The van der Waals surface area contributed by atoms with Crippen molar-refractivity contribution in [3.8, 4) is 11.1 Å². The summed E-state index contributed by atoms with van der Waals surface area (Å²) in [4.78, 5) is 38.8. The lowest BCUT2D eigenvalue weighted by atomic mass is 9.98. The summed E-state index contributed by atoms with van der Waals surface area (Å²) >= 11 is 0. The minimum Gasteiger partial charge on any atom is -0.481 e. The first-order chi connectivity index (χ1) is 17.0. The molecule has 2 amide bonds. The number of likely N-dealkylation sites (tertiary alicyclic amines) is 1. The van der Waals surface area contributed by atoms with Crippen molar-refractivity contribution in [2.75, 3.05) is 19.7 Å². The molecule has 35 heavy (non-hydrogen) atoms. The lowest BCUT2D eigenvalue weighted by Gasteiger charge is -2.28. The molecule has 1 saturated heterocycles. The molecule has 3 fully saturated rings. The van der Waals surface area contributed by atoms with Crippen LogP contribution in [0.5, 0.6) is 0 Å². The molecule has 0 bridgehead atoms. The van der Waals surface area contributed by atoms with Crippen LogP contribution >= 0.6 is 0 Å². The number of nitrogens with zero attached hydrogens (tertiary/aromatic N) is 1. The molecule has 182 valence electrons. The number of hydrogen-bond acceptors (Lipinski definition) is 4. The van der Waals surface area contributed by atoms with Crippen LogP contribution in [-0.4, -0.2) is 53.7 Å². The van der Waals surface area contributed by atoms with Crippen molar-refractivity contribution in [2.45, 2.75) is 37.6 Å². The number of ether oxygens (including phenoxy) is 1. The second-order valence-corrected chi connectivity index (χ2v) is 10.4. The Morgan fingerprint density at radius 2 is 1.63 bits per heavy atom. The molecule has 0 spiro atoms. The largest absolute Gasteiger partial charge is 0.481 e. The van der Waals surface area contributed by atoms with Gasteiger partial charge in [-0.05, 0) is 59.8 Å². The molecular weight excluding hydrogens is 444 g/mol. The van der Waals surface area contributed by atoms with E-state index in [1.165, 1.54) is 22.3 Å². The molecule has 2 N–H and O–H groups in total. The van der Waals surface area contributed by atoms with Crippen LogP contribution in [0, 0.1) is 23.7 Å². The van der Waals surface area contributed by atoms with Gasteiger partial charge in [-0.15, -0.1) is 0 Å². The Labute approximate surface area is 204 Å². The van der Waals surface area contributed by atoms with Gasteiger partial charge in [0.1, 0.15) is 6.61 Å². The summed E-state index contributed by atoms with van der Waals surface area (Å²) in [5.41, 5.74) is 4.74. The fourth-order valence-electron chi connectivity index (χ4n) is 6.71. The number of carbonyl (C=O) groups excluding carboxylic acids is 2. The van der Waals surface area contributed by atoms with E-state index in [1.54, 1.807) is 0 Å². The van der Waals surface area contributed by atoms with Crippen LogP contribution in [0.1, 0.15) is 42.7 Å². The van der Waals surface area contributed by atoms with E-state index < -0.39 is 12.1 Å². The number of amides is 2. The van der Waals surface area contributed by atoms with Crippen molar-refractivity contribution < 1.29 is 24.2 Å². The summed E-state index contributed by atoms with van der Waals surface area (Å²) < 4.78 is 5.67. The number of rotatable bonds is 5. The van der Waals surface area contributed by atoms with E-state index in [0.29, 0.717) is 19.5 Å². The van der Waals surface area contributed by atoms with Gasteiger partial charge in [-0.2, -0.15) is 0 Å². The van der Waals surface area contributed by atoms with Crippen molar-refractivity contribution in [3.05, 3.63) is 59.7 Å². The summed E-state index contributed by atoms with van der Waals surface area (Å²) in [7, 11) is 0. The Kier molecular flexibility index (Phi) is 5.50. The third kappa shape index (κ3) is 3.97. The van der Waals surface area contributed by atoms with Crippen LogP contribution in [0.3, 0.4) is 0 Å². The van der Waals surface area contributed by atoms with E-state index >= 15 is 0 Å². The Morgan fingerprint density at radius 1 is 0.943 bits per heavy atom. The van der Waals surface area contributed by atoms with Gasteiger partial charge in [0.2, 0.25) is 5.91 Å². The van der Waals surface area contributed by atoms with Crippen molar-refractivity contribution in [1.29, 1.82) is 0 Å². The minimum atomic E-state index is -0.734. The minimum absolute atomic E-state index is 0.0195. The maximum atomic E-state index is 13.0. The molecule has 6 rings (SSSR count). The van der Waals surface area contributed by atoms with Crippen molar-refractivity contribution in [1.82, 2.24) is 10.2 Å². The lowest BCUT2D eigenvalue weighted by Crippen LogP contribution is -2.41.